The largest absolute Gasteiger partial charge is 0.381 e. The zero-order valence-electron chi connectivity index (χ0n) is 11.6. The number of halogens is 1. The topological polar surface area (TPSA) is 41.1 Å². The van der Waals surface area contributed by atoms with Crippen molar-refractivity contribution in [3.05, 3.63) is 64.7 Å². The highest BCUT2D eigenvalue weighted by atomic mass is 35.5. The lowest BCUT2D eigenvalue weighted by Crippen LogP contribution is -2.25. The fourth-order valence-electron chi connectivity index (χ4n) is 2.09. The van der Waals surface area contributed by atoms with Gasteiger partial charge in [0, 0.05) is 28.9 Å². The molecule has 0 aliphatic heterocycles. The number of hydrogen-bond donors (Lipinski definition) is 2. The van der Waals surface area contributed by atoms with Gasteiger partial charge in [0.25, 0.3) is 5.91 Å². The van der Waals surface area contributed by atoms with Crippen LogP contribution in [-0.2, 0) is 6.54 Å². The summed E-state index contributed by atoms with van der Waals surface area (Å²) in [4.78, 5) is 11.9. The van der Waals surface area contributed by atoms with Crippen molar-refractivity contribution in [1.29, 1.82) is 0 Å². The summed E-state index contributed by atoms with van der Waals surface area (Å²) in [5, 5.41) is 7.03. The Morgan fingerprint density at radius 3 is 2.57 bits per heavy atom. The molecule has 1 aliphatic carbocycles. The van der Waals surface area contributed by atoms with Gasteiger partial charge in [-0.25, -0.2) is 0 Å². The summed E-state index contributed by atoms with van der Waals surface area (Å²) in [6.07, 6.45) is 2.20. The van der Waals surface area contributed by atoms with Gasteiger partial charge in [-0.2, -0.15) is 0 Å². The standard InChI is InChI=1S/C17H17ClN2O/c18-14-3-1-2-12(10-14)11-19-15-6-4-13(5-7-15)17(21)20-16-8-9-16/h1-7,10,16,19H,8-9,11H2,(H,20,21). The van der Waals surface area contributed by atoms with Crippen molar-refractivity contribution in [2.75, 3.05) is 5.32 Å². The molecule has 0 spiro atoms. The van der Waals surface area contributed by atoms with Crippen LogP contribution in [0.2, 0.25) is 5.02 Å². The van der Waals surface area contributed by atoms with E-state index in [1.807, 2.05) is 48.5 Å². The molecule has 0 radical (unpaired) electrons. The molecule has 1 saturated carbocycles. The van der Waals surface area contributed by atoms with Gasteiger partial charge in [-0.1, -0.05) is 23.7 Å². The second kappa shape index (κ2) is 6.19. The summed E-state index contributed by atoms with van der Waals surface area (Å²) in [5.74, 6) is 0.0129. The highest BCUT2D eigenvalue weighted by Gasteiger charge is 2.23. The van der Waals surface area contributed by atoms with Crippen molar-refractivity contribution in [3.63, 3.8) is 0 Å². The minimum Gasteiger partial charge on any atom is -0.381 e. The van der Waals surface area contributed by atoms with Gasteiger partial charge in [-0.3, -0.25) is 4.79 Å². The summed E-state index contributed by atoms with van der Waals surface area (Å²) in [7, 11) is 0. The van der Waals surface area contributed by atoms with Gasteiger partial charge in [0.15, 0.2) is 0 Å². The van der Waals surface area contributed by atoms with E-state index in [1.165, 1.54) is 0 Å². The number of carbonyl (C=O) groups excluding carboxylic acids is 1. The van der Waals surface area contributed by atoms with E-state index in [-0.39, 0.29) is 5.91 Å². The van der Waals surface area contributed by atoms with Gasteiger partial charge < -0.3 is 10.6 Å². The monoisotopic (exact) mass is 300 g/mol. The van der Waals surface area contributed by atoms with Crippen molar-refractivity contribution in [2.24, 2.45) is 0 Å². The SMILES string of the molecule is O=C(NC1CC1)c1ccc(NCc2cccc(Cl)c2)cc1. The Morgan fingerprint density at radius 1 is 1.14 bits per heavy atom. The van der Waals surface area contributed by atoms with E-state index in [0.717, 1.165) is 29.1 Å². The van der Waals surface area contributed by atoms with Crippen LogP contribution >= 0.6 is 11.6 Å². The maximum absolute atomic E-state index is 11.9. The molecule has 0 saturated heterocycles. The third-order valence-electron chi connectivity index (χ3n) is 3.45. The second-order valence-corrected chi connectivity index (χ2v) is 5.74. The van der Waals surface area contributed by atoms with Crippen molar-refractivity contribution in [1.82, 2.24) is 5.32 Å². The normalized spacial score (nSPS) is 13.8. The molecule has 108 valence electrons. The number of rotatable bonds is 5. The first kappa shape index (κ1) is 14.0. The Hall–Kier alpha value is -2.00. The second-order valence-electron chi connectivity index (χ2n) is 5.31. The first-order valence-electron chi connectivity index (χ1n) is 7.10. The van der Waals surface area contributed by atoms with Crippen LogP contribution in [0.1, 0.15) is 28.8 Å². The smallest absolute Gasteiger partial charge is 0.251 e. The van der Waals surface area contributed by atoms with Gasteiger partial charge in [-0.15, -0.1) is 0 Å². The number of carbonyl (C=O) groups is 1. The predicted octanol–water partition coefficient (Wildman–Crippen LogP) is 3.84. The summed E-state index contributed by atoms with van der Waals surface area (Å²) in [6.45, 7) is 0.703. The van der Waals surface area contributed by atoms with Crippen LogP contribution in [0, 0.1) is 0 Å². The number of anilines is 1. The van der Waals surface area contributed by atoms with Crippen LogP contribution in [-0.4, -0.2) is 11.9 Å². The van der Waals surface area contributed by atoms with Crippen LogP contribution in [0.5, 0.6) is 0 Å². The van der Waals surface area contributed by atoms with Crippen LogP contribution in [0.3, 0.4) is 0 Å². The van der Waals surface area contributed by atoms with Gasteiger partial charge in [0.2, 0.25) is 0 Å². The Balaban J connectivity index is 1.57. The highest BCUT2D eigenvalue weighted by molar-refractivity contribution is 6.30. The van der Waals surface area contributed by atoms with Crippen molar-refractivity contribution in [2.45, 2.75) is 25.4 Å². The molecule has 1 fully saturated rings. The number of hydrogen-bond acceptors (Lipinski definition) is 2. The van der Waals surface area contributed by atoms with Crippen LogP contribution in [0.25, 0.3) is 0 Å². The maximum atomic E-state index is 11.9. The molecule has 0 atom stereocenters. The molecule has 1 amide bonds. The van der Waals surface area contributed by atoms with Crippen LogP contribution in [0.15, 0.2) is 48.5 Å². The van der Waals surface area contributed by atoms with Gasteiger partial charge >= 0.3 is 0 Å². The molecular weight excluding hydrogens is 284 g/mol. The maximum Gasteiger partial charge on any atom is 0.251 e. The summed E-state index contributed by atoms with van der Waals surface area (Å²) >= 11 is 5.96. The Bertz CT molecular complexity index is 635. The number of nitrogens with one attached hydrogen (secondary N) is 2. The molecule has 2 aromatic rings. The zero-order valence-corrected chi connectivity index (χ0v) is 12.4. The molecule has 0 bridgehead atoms. The Kier molecular flexibility index (Phi) is 4.11. The first-order chi connectivity index (χ1) is 10.2. The van der Waals surface area contributed by atoms with Crippen molar-refractivity contribution in [3.8, 4) is 0 Å². The molecule has 0 unspecified atom stereocenters. The molecule has 3 nitrogen and oxygen atoms in total. The number of benzene rings is 2. The molecule has 3 rings (SSSR count). The van der Waals surface area contributed by atoms with Crippen LogP contribution in [0.4, 0.5) is 5.69 Å². The third-order valence-corrected chi connectivity index (χ3v) is 3.68. The molecule has 0 aromatic heterocycles. The first-order valence-corrected chi connectivity index (χ1v) is 7.48. The van der Waals surface area contributed by atoms with E-state index >= 15 is 0 Å². The average Bonchev–Trinajstić information content (AvgIpc) is 3.30. The number of amides is 1. The lowest BCUT2D eigenvalue weighted by molar-refractivity contribution is 0.0951. The summed E-state index contributed by atoms with van der Waals surface area (Å²) in [6, 6.07) is 15.7. The minimum atomic E-state index is 0.0129. The quantitative estimate of drug-likeness (QED) is 0.881. The molecule has 21 heavy (non-hydrogen) atoms. The van der Waals surface area contributed by atoms with E-state index in [2.05, 4.69) is 10.6 Å². The van der Waals surface area contributed by atoms with E-state index in [1.54, 1.807) is 0 Å². The fourth-order valence-corrected chi connectivity index (χ4v) is 2.30. The summed E-state index contributed by atoms with van der Waals surface area (Å²) in [5.41, 5.74) is 2.81. The van der Waals surface area contributed by atoms with Crippen LogP contribution < -0.4 is 10.6 Å². The Labute approximate surface area is 129 Å². The van der Waals surface area contributed by atoms with E-state index in [4.69, 9.17) is 11.6 Å². The Morgan fingerprint density at radius 2 is 1.90 bits per heavy atom. The third kappa shape index (κ3) is 3.99. The minimum absolute atomic E-state index is 0.0129. The van der Waals surface area contributed by atoms with Gasteiger partial charge in [0.1, 0.15) is 0 Å². The molecule has 2 N–H and O–H groups in total. The molecule has 2 aromatic carbocycles. The van der Waals surface area contributed by atoms with Crippen molar-refractivity contribution < 1.29 is 4.79 Å². The molecular formula is C17H17ClN2O. The van der Waals surface area contributed by atoms with Crippen molar-refractivity contribution >= 4 is 23.2 Å². The highest BCUT2D eigenvalue weighted by Crippen LogP contribution is 2.20. The lowest BCUT2D eigenvalue weighted by atomic mass is 10.2. The van der Waals surface area contributed by atoms with Gasteiger partial charge in [0.05, 0.1) is 0 Å². The zero-order chi connectivity index (χ0) is 14.7. The average molecular weight is 301 g/mol. The lowest BCUT2D eigenvalue weighted by Gasteiger charge is -2.08. The predicted molar refractivity (Wildman–Crippen MR) is 85.7 cm³/mol. The van der Waals surface area contributed by atoms with Gasteiger partial charge in [-0.05, 0) is 54.8 Å². The molecule has 1 aliphatic rings. The van der Waals surface area contributed by atoms with E-state index < -0.39 is 0 Å². The fraction of sp³-hybridized carbons (Fsp3) is 0.235. The molecule has 4 heteroatoms. The van der Waals surface area contributed by atoms with E-state index in [9.17, 15) is 4.79 Å². The molecule has 0 heterocycles. The van der Waals surface area contributed by atoms with E-state index in [0.29, 0.717) is 18.2 Å². The summed E-state index contributed by atoms with van der Waals surface area (Å²) < 4.78 is 0.